The van der Waals surface area contributed by atoms with E-state index in [4.69, 9.17) is 21.4 Å². The maximum Gasteiger partial charge on any atom is 0.289 e. The summed E-state index contributed by atoms with van der Waals surface area (Å²) in [6.45, 7) is 1.18. The Balaban J connectivity index is 2.93. The number of aromatic nitrogens is 1. The number of halogens is 1. The van der Waals surface area contributed by atoms with Crippen LogP contribution in [0.3, 0.4) is 0 Å². The molecule has 0 aliphatic carbocycles. The Morgan fingerprint density at radius 2 is 2.33 bits per heavy atom. The number of pyridine rings is 1. The Bertz CT molecular complexity index is 416. The molecule has 0 bridgehead atoms. The summed E-state index contributed by atoms with van der Waals surface area (Å²) < 4.78 is 4.94. The highest BCUT2D eigenvalue weighted by atomic mass is 35.5. The number of aliphatic hydroxyl groups excluding tert-OH is 1. The minimum absolute atomic E-state index is 0.0707. The lowest BCUT2D eigenvalue weighted by Crippen LogP contribution is -2.31. The second-order valence-corrected chi connectivity index (χ2v) is 3.87. The normalized spacial score (nSPS) is 10.4. The molecule has 0 saturated heterocycles. The molecule has 1 N–H and O–H groups in total. The van der Waals surface area contributed by atoms with E-state index in [-0.39, 0.29) is 17.3 Å². The van der Waals surface area contributed by atoms with E-state index in [9.17, 15) is 10.1 Å². The molecule has 1 aromatic rings. The number of ether oxygens (including phenoxy) is 1. The van der Waals surface area contributed by atoms with Crippen LogP contribution in [0.15, 0.2) is 12.3 Å². The van der Waals surface area contributed by atoms with Gasteiger partial charge in [-0.2, -0.15) is 0 Å². The van der Waals surface area contributed by atoms with Crippen molar-refractivity contribution in [2.24, 2.45) is 0 Å². The first kappa shape index (κ1) is 14.6. The molecule has 0 unspecified atom stereocenters. The second-order valence-electron chi connectivity index (χ2n) is 3.46. The van der Waals surface area contributed by atoms with Crippen LogP contribution < -0.4 is 4.90 Å². The predicted molar refractivity (Wildman–Crippen MR) is 67.1 cm³/mol. The van der Waals surface area contributed by atoms with Gasteiger partial charge in [-0.1, -0.05) is 11.6 Å². The van der Waals surface area contributed by atoms with Gasteiger partial charge in [0.2, 0.25) is 0 Å². The lowest BCUT2D eigenvalue weighted by molar-refractivity contribution is -0.385. The van der Waals surface area contributed by atoms with Gasteiger partial charge in [0.1, 0.15) is 12.0 Å². The fraction of sp³-hybridized carbons (Fsp3) is 0.500. The first-order valence-corrected chi connectivity index (χ1v) is 5.62. The van der Waals surface area contributed by atoms with Crippen molar-refractivity contribution in [2.75, 3.05) is 38.3 Å². The van der Waals surface area contributed by atoms with Crippen molar-refractivity contribution >= 4 is 23.1 Å². The van der Waals surface area contributed by atoms with Gasteiger partial charge in [0.25, 0.3) is 5.69 Å². The summed E-state index contributed by atoms with van der Waals surface area (Å²) >= 11 is 5.95. The van der Waals surface area contributed by atoms with E-state index in [1.165, 1.54) is 6.07 Å². The largest absolute Gasteiger partial charge is 0.395 e. The molecule has 1 heterocycles. The van der Waals surface area contributed by atoms with E-state index in [2.05, 4.69) is 4.98 Å². The smallest absolute Gasteiger partial charge is 0.289 e. The van der Waals surface area contributed by atoms with Crippen LogP contribution in [0.5, 0.6) is 0 Å². The van der Waals surface area contributed by atoms with Gasteiger partial charge < -0.3 is 14.7 Å². The number of anilines is 1. The maximum atomic E-state index is 10.6. The molecule has 0 atom stereocenters. The Morgan fingerprint density at radius 3 is 2.83 bits per heavy atom. The zero-order chi connectivity index (χ0) is 13.5. The number of rotatable bonds is 7. The van der Waals surface area contributed by atoms with Crippen molar-refractivity contribution in [3.8, 4) is 0 Å². The molecule has 0 radical (unpaired) electrons. The quantitative estimate of drug-likeness (QED) is 0.592. The van der Waals surface area contributed by atoms with Gasteiger partial charge in [-0.25, -0.2) is 4.98 Å². The summed E-state index contributed by atoms with van der Waals surface area (Å²) in [5, 5.41) is 19.7. The van der Waals surface area contributed by atoms with Gasteiger partial charge in [-0.15, -0.1) is 0 Å². The van der Waals surface area contributed by atoms with E-state index in [1.54, 1.807) is 12.0 Å². The van der Waals surface area contributed by atoms with Crippen LogP contribution >= 0.6 is 11.6 Å². The van der Waals surface area contributed by atoms with Gasteiger partial charge in [-0.05, 0) is 0 Å². The van der Waals surface area contributed by atoms with Crippen molar-refractivity contribution in [3.63, 3.8) is 0 Å². The lowest BCUT2D eigenvalue weighted by atomic mass is 10.3. The molecule has 0 aromatic carbocycles. The average molecular weight is 276 g/mol. The number of aliphatic hydroxyl groups is 1. The standard InChI is InChI=1S/C10H14ClN3O4/c1-18-5-3-13(2-4-15)10-9(11)6-8(7-12-10)14(16)17/h6-7,15H,2-5H2,1H3. The van der Waals surface area contributed by atoms with Crippen molar-refractivity contribution in [1.29, 1.82) is 0 Å². The molecule has 18 heavy (non-hydrogen) atoms. The van der Waals surface area contributed by atoms with Crippen LogP contribution in [0, 0.1) is 10.1 Å². The predicted octanol–water partition coefficient (Wildman–Crippen LogP) is 1.09. The van der Waals surface area contributed by atoms with E-state index in [1.807, 2.05) is 0 Å². The second kappa shape index (κ2) is 7.10. The number of hydrogen-bond donors (Lipinski definition) is 1. The Morgan fingerprint density at radius 1 is 1.61 bits per heavy atom. The molecule has 8 heteroatoms. The van der Waals surface area contributed by atoms with Crippen molar-refractivity contribution in [2.45, 2.75) is 0 Å². The van der Waals surface area contributed by atoms with E-state index in [0.29, 0.717) is 25.5 Å². The van der Waals surface area contributed by atoms with Gasteiger partial charge in [0.15, 0.2) is 0 Å². The van der Waals surface area contributed by atoms with Crippen molar-refractivity contribution in [1.82, 2.24) is 4.98 Å². The number of nitrogens with zero attached hydrogens (tertiary/aromatic N) is 3. The third-order valence-corrected chi connectivity index (χ3v) is 2.53. The van der Waals surface area contributed by atoms with Gasteiger partial charge in [0.05, 0.1) is 23.2 Å². The van der Waals surface area contributed by atoms with Gasteiger partial charge in [0, 0.05) is 26.3 Å². The summed E-state index contributed by atoms with van der Waals surface area (Å²) in [4.78, 5) is 15.7. The highest BCUT2D eigenvalue weighted by molar-refractivity contribution is 6.33. The van der Waals surface area contributed by atoms with E-state index < -0.39 is 4.92 Å². The van der Waals surface area contributed by atoms with Crippen LogP contribution in [0.1, 0.15) is 0 Å². The molecule has 0 fully saturated rings. The monoisotopic (exact) mass is 275 g/mol. The summed E-state index contributed by atoms with van der Waals surface area (Å²) in [7, 11) is 1.56. The molecule has 0 aliphatic rings. The third-order valence-electron chi connectivity index (χ3n) is 2.25. The molecule has 0 aliphatic heterocycles. The molecule has 0 amide bonds. The maximum absolute atomic E-state index is 10.6. The van der Waals surface area contributed by atoms with Crippen LogP contribution in [0.4, 0.5) is 11.5 Å². The molecule has 100 valence electrons. The highest BCUT2D eigenvalue weighted by Gasteiger charge is 2.15. The summed E-state index contributed by atoms with van der Waals surface area (Å²) in [5.74, 6) is 0.397. The zero-order valence-corrected chi connectivity index (χ0v) is 10.6. The first-order valence-electron chi connectivity index (χ1n) is 5.24. The number of nitro groups is 1. The topological polar surface area (TPSA) is 88.7 Å². The van der Waals surface area contributed by atoms with Gasteiger partial charge in [-0.3, -0.25) is 10.1 Å². The Labute approximate surface area is 109 Å². The molecule has 0 saturated carbocycles. The average Bonchev–Trinajstić information content (AvgIpc) is 2.34. The molecule has 1 aromatic heterocycles. The minimum atomic E-state index is -0.561. The fourth-order valence-electron chi connectivity index (χ4n) is 1.40. The van der Waals surface area contributed by atoms with Gasteiger partial charge >= 0.3 is 0 Å². The van der Waals surface area contributed by atoms with E-state index in [0.717, 1.165) is 6.20 Å². The van der Waals surface area contributed by atoms with Crippen LogP contribution in [-0.4, -0.2) is 48.4 Å². The van der Waals surface area contributed by atoms with Crippen LogP contribution in [0.2, 0.25) is 5.02 Å². The molecule has 1 rings (SSSR count). The van der Waals surface area contributed by atoms with E-state index >= 15 is 0 Å². The summed E-state index contributed by atoms with van der Waals surface area (Å²) in [5.41, 5.74) is -0.167. The molecular weight excluding hydrogens is 262 g/mol. The molecular formula is C10H14ClN3O4. The van der Waals surface area contributed by atoms with Crippen molar-refractivity contribution in [3.05, 3.63) is 27.4 Å². The van der Waals surface area contributed by atoms with Crippen molar-refractivity contribution < 1.29 is 14.8 Å². The third kappa shape index (κ3) is 3.80. The molecule has 7 nitrogen and oxygen atoms in total. The lowest BCUT2D eigenvalue weighted by Gasteiger charge is -2.23. The zero-order valence-electron chi connectivity index (χ0n) is 9.87. The number of hydrogen-bond acceptors (Lipinski definition) is 6. The summed E-state index contributed by atoms with van der Waals surface area (Å²) in [6, 6.07) is 1.24. The highest BCUT2D eigenvalue weighted by Crippen LogP contribution is 2.26. The van der Waals surface area contributed by atoms with Crippen LogP contribution in [0.25, 0.3) is 0 Å². The Hall–Kier alpha value is -1.44. The molecule has 0 spiro atoms. The van der Waals surface area contributed by atoms with Crippen LogP contribution in [-0.2, 0) is 4.74 Å². The Kier molecular flexibility index (Phi) is 5.76. The first-order chi connectivity index (χ1) is 8.60. The number of methoxy groups -OCH3 is 1. The summed E-state index contributed by atoms with van der Waals surface area (Å²) in [6.07, 6.45) is 1.14. The minimum Gasteiger partial charge on any atom is -0.395 e. The fourth-order valence-corrected chi connectivity index (χ4v) is 1.68. The SMILES string of the molecule is COCCN(CCO)c1ncc([N+](=O)[O-])cc1Cl.